The Bertz CT molecular complexity index is 408. The Hall–Kier alpha value is -0.610. The molecule has 0 aromatic carbocycles. The predicted octanol–water partition coefficient (Wildman–Crippen LogP) is 3.58. The van der Waals surface area contributed by atoms with Crippen molar-refractivity contribution >= 4 is 21.7 Å². The summed E-state index contributed by atoms with van der Waals surface area (Å²) in [6, 6.07) is 2.20. The first-order chi connectivity index (χ1) is 9.24. The molecule has 1 aromatic rings. The zero-order chi connectivity index (χ0) is 13.7. The monoisotopic (exact) mass is 325 g/mol. The van der Waals surface area contributed by atoms with Gasteiger partial charge >= 0.3 is 0 Å². The van der Waals surface area contributed by atoms with Crippen molar-refractivity contribution in [2.45, 2.75) is 39.7 Å². The molecule has 0 saturated carbocycles. The molecule has 1 atom stereocenters. The van der Waals surface area contributed by atoms with Crippen LogP contribution in [-0.4, -0.2) is 24.6 Å². The van der Waals surface area contributed by atoms with E-state index < -0.39 is 0 Å². The molecule has 1 aromatic heterocycles. The molecular formula is C15H24BrN3. The number of nitrogens with zero attached hydrogens (tertiary/aromatic N) is 2. The molecular weight excluding hydrogens is 302 g/mol. The maximum absolute atomic E-state index is 4.65. The second kappa shape index (κ2) is 7.25. The number of nitrogens with one attached hydrogen (secondary N) is 1. The Morgan fingerprint density at radius 1 is 1.47 bits per heavy atom. The highest BCUT2D eigenvalue weighted by atomic mass is 79.9. The van der Waals surface area contributed by atoms with E-state index in [1.165, 1.54) is 30.6 Å². The van der Waals surface area contributed by atoms with E-state index in [0.717, 1.165) is 36.6 Å². The summed E-state index contributed by atoms with van der Waals surface area (Å²) in [6.07, 6.45) is 5.66. The van der Waals surface area contributed by atoms with Crippen molar-refractivity contribution in [3.8, 4) is 0 Å². The van der Waals surface area contributed by atoms with Crippen LogP contribution in [0.3, 0.4) is 0 Å². The lowest BCUT2D eigenvalue weighted by molar-refractivity contribution is 0.568. The molecule has 1 aliphatic rings. The summed E-state index contributed by atoms with van der Waals surface area (Å²) in [6.45, 7) is 8.75. The van der Waals surface area contributed by atoms with Crippen LogP contribution in [0.1, 0.15) is 38.7 Å². The number of halogens is 1. The SMILES string of the molecule is CCCNCc1cc(Br)cnc1N1CCC(CC)C1. The van der Waals surface area contributed by atoms with Gasteiger partial charge < -0.3 is 10.2 Å². The standard InChI is InChI=1S/C15H24BrN3/c1-3-6-17-9-13-8-14(16)10-18-15(13)19-7-5-12(4-2)11-19/h8,10,12,17H,3-7,9,11H2,1-2H3. The molecule has 106 valence electrons. The van der Waals surface area contributed by atoms with Crippen molar-refractivity contribution in [1.82, 2.24) is 10.3 Å². The van der Waals surface area contributed by atoms with Crippen molar-refractivity contribution in [3.63, 3.8) is 0 Å². The molecule has 1 unspecified atom stereocenters. The summed E-state index contributed by atoms with van der Waals surface area (Å²) in [5.41, 5.74) is 1.31. The summed E-state index contributed by atoms with van der Waals surface area (Å²) in [4.78, 5) is 7.09. The number of rotatable bonds is 6. The molecule has 3 nitrogen and oxygen atoms in total. The summed E-state index contributed by atoms with van der Waals surface area (Å²) >= 11 is 3.53. The van der Waals surface area contributed by atoms with Gasteiger partial charge in [-0.05, 0) is 47.3 Å². The van der Waals surface area contributed by atoms with Gasteiger partial charge in [-0.3, -0.25) is 0 Å². The molecule has 1 aliphatic heterocycles. The first-order valence-corrected chi connectivity index (χ1v) is 8.14. The lowest BCUT2D eigenvalue weighted by atomic mass is 10.1. The second-order valence-corrected chi connectivity index (χ2v) is 6.24. The fraction of sp³-hybridized carbons (Fsp3) is 0.667. The highest BCUT2D eigenvalue weighted by Gasteiger charge is 2.23. The average Bonchev–Trinajstić information content (AvgIpc) is 2.88. The second-order valence-electron chi connectivity index (χ2n) is 5.32. The quantitative estimate of drug-likeness (QED) is 0.810. The van der Waals surface area contributed by atoms with E-state index in [1.54, 1.807) is 0 Å². The lowest BCUT2D eigenvalue weighted by Gasteiger charge is -2.21. The molecule has 0 radical (unpaired) electrons. The van der Waals surface area contributed by atoms with Crippen LogP contribution in [0.15, 0.2) is 16.7 Å². The molecule has 2 rings (SSSR count). The topological polar surface area (TPSA) is 28.2 Å². The summed E-state index contributed by atoms with van der Waals surface area (Å²) in [5.74, 6) is 2.00. The summed E-state index contributed by atoms with van der Waals surface area (Å²) < 4.78 is 1.07. The fourth-order valence-corrected chi connectivity index (χ4v) is 3.03. The van der Waals surface area contributed by atoms with Crippen LogP contribution in [0.25, 0.3) is 0 Å². The van der Waals surface area contributed by atoms with Crippen molar-refractivity contribution in [2.75, 3.05) is 24.5 Å². The average molecular weight is 326 g/mol. The van der Waals surface area contributed by atoms with Gasteiger partial charge in [-0.25, -0.2) is 4.98 Å². The van der Waals surface area contributed by atoms with Gasteiger partial charge in [0.2, 0.25) is 0 Å². The van der Waals surface area contributed by atoms with E-state index >= 15 is 0 Å². The summed E-state index contributed by atoms with van der Waals surface area (Å²) in [7, 11) is 0. The van der Waals surface area contributed by atoms with Gasteiger partial charge in [0.1, 0.15) is 5.82 Å². The maximum atomic E-state index is 4.65. The van der Waals surface area contributed by atoms with Crippen LogP contribution in [0.4, 0.5) is 5.82 Å². The molecule has 1 N–H and O–H groups in total. The normalized spacial score (nSPS) is 19.1. The van der Waals surface area contributed by atoms with Gasteiger partial charge in [0.05, 0.1) is 0 Å². The third-order valence-electron chi connectivity index (χ3n) is 3.81. The number of aromatic nitrogens is 1. The first-order valence-electron chi connectivity index (χ1n) is 7.34. The third kappa shape index (κ3) is 3.93. The van der Waals surface area contributed by atoms with Gasteiger partial charge in [0.25, 0.3) is 0 Å². The molecule has 19 heavy (non-hydrogen) atoms. The van der Waals surface area contributed by atoms with E-state index in [4.69, 9.17) is 0 Å². The molecule has 0 spiro atoms. The number of hydrogen-bond donors (Lipinski definition) is 1. The highest BCUT2D eigenvalue weighted by molar-refractivity contribution is 9.10. The summed E-state index contributed by atoms with van der Waals surface area (Å²) in [5, 5.41) is 3.48. The van der Waals surface area contributed by atoms with Crippen LogP contribution in [0.5, 0.6) is 0 Å². The van der Waals surface area contributed by atoms with E-state index in [2.05, 4.69) is 51.0 Å². The molecule has 4 heteroatoms. The van der Waals surface area contributed by atoms with E-state index in [-0.39, 0.29) is 0 Å². The first kappa shape index (κ1) is 14.8. The van der Waals surface area contributed by atoms with Crippen LogP contribution in [-0.2, 0) is 6.54 Å². The van der Waals surface area contributed by atoms with Crippen molar-refractivity contribution in [2.24, 2.45) is 5.92 Å². The zero-order valence-electron chi connectivity index (χ0n) is 12.0. The smallest absolute Gasteiger partial charge is 0.133 e. The Morgan fingerprint density at radius 2 is 2.32 bits per heavy atom. The minimum Gasteiger partial charge on any atom is -0.356 e. The van der Waals surface area contributed by atoms with Gasteiger partial charge in [-0.15, -0.1) is 0 Å². The molecule has 1 fully saturated rings. The molecule has 1 saturated heterocycles. The number of anilines is 1. The van der Waals surface area contributed by atoms with E-state index in [0.29, 0.717) is 0 Å². The Balaban J connectivity index is 2.10. The predicted molar refractivity (Wildman–Crippen MR) is 84.5 cm³/mol. The number of hydrogen-bond acceptors (Lipinski definition) is 3. The van der Waals surface area contributed by atoms with Crippen molar-refractivity contribution < 1.29 is 0 Å². The minimum atomic E-state index is 0.835. The van der Waals surface area contributed by atoms with E-state index in [1.807, 2.05) is 6.20 Å². The molecule has 0 amide bonds. The van der Waals surface area contributed by atoms with Gasteiger partial charge in [-0.1, -0.05) is 20.3 Å². The largest absolute Gasteiger partial charge is 0.356 e. The minimum absolute atomic E-state index is 0.835. The number of pyridine rings is 1. The molecule has 0 aliphatic carbocycles. The van der Waals surface area contributed by atoms with Crippen molar-refractivity contribution in [1.29, 1.82) is 0 Å². The lowest BCUT2D eigenvalue weighted by Crippen LogP contribution is -2.24. The van der Waals surface area contributed by atoms with Crippen molar-refractivity contribution in [3.05, 3.63) is 22.3 Å². The van der Waals surface area contributed by atoms with Crippen LogP contribution >= 0.6 is 15.9 Å². The Kier molecular flexibility index (Phi) is 5.64. The zero-order valence-corrected chi connectivity index (χ0v) is 13.5. The van der Waals surface area contributed by atoms with E-state index in [9.17, 15) is 0 Å². The third-order valence-corrected chi connectivity index (χ3v) is 4.25. The fourth-order valence-electron chi connectivity index (χ4n) is 2.65. The van der Waals surface area contributed by atoms with Gasteiger partial charge in [0.15, 0.2) is 0 Å². The van der Waals surface area contributed by atoms with Gasteiger partial charge in [0, 0.05) is 35.9 Å². The molecule has 0 bridgehead atoms. The van der Waals surface area contributed by atoms with Crippen LogP contribution in [0, 0.1) is 5.92 Å². The Labute approximate surface area is 124 Å². The van der Waals surface area contributed by atoms with Crippen LogP contribution in [0.2, 0.25) is 0 Å². The maximum Gasteiger partial charge on any atom is 0.133 e. The Morgan fingerprint density at radius 3 is 3.00 bits per heavy atom. The van der Waals surface area contributed by atoms with Gasteiger partial charge in [-0.2, -0.15) is 0 Å². The highest BCUT2D eigenvalue weighted by Crippen LogP contribution is 2.28. The molecule has 2 heterocycles. The van der Waals surface area contributed by atoms with Crippen LogP contribution < -0.4 is 10.2 Å².